The molecule has 0 radical (unpaired) electrons. The van der Waals surface area contributed by atoms with Gasteiger partial charge in [-0.1, -0.05) is 0 Å². The topological polar surface area (TPSA) is 126 Å². The Bertz CT molecular complexity index is 1220. The van der Waals surface area contributed by atoms with E-state index in [1.54, 1.807) is 13.0 Å². The van der Waals surface area contributed by atoms with Crippen LogP contribution in [-0.4, -0.2) is 72.1 Å². The van der Waals surface area contributed by atoms with E-state index in [1.807, 2.05) is 22.9 Å². The molecule has 3 heterocycles. The second-order valence-electron chi connectivity index (χ2n) is 8.42. The minimum atomic E-state index is -3.57. The van der Waals surface area contributed by atoms with Gasteiger partial charge in [0.25, 0.3) is 0 Å². The third-order valence-electron chi connectivity index (χ3n) is 5.37. The average Bonchev–Trinajstić information content (AvgIpc) is 3.20. The Hall–Kier alpha value is -2.60. The quantitative estimate of drug-likeness (QED) is 0.337. The number of hydrogen-bond donors (Lipinski definition) is 1. The van der Waals surface area contributed by atoms with Gasteiger partial charge >= 0.3 is 0 Å². The average molecular weight is 491 g/mol. The zero-order valence-electron chi connectivity index (χ0n) is 19.4. The van der Waals surface area contributed by atoms with Gasteiger partial charge in [0.05, 0.1) is 30.5 Å². The highest BCUT2D eigenvalue weighted by molar-refractivity contribution is 7.90. The van der Waals surface area contributed by atoms with Gasteiger partial charge in [0.1, 0.15) is 11.4 Å². The van der Waals surface area contributed by atoms with Crippen LogP contribution in [-0.2, 0) is 19.3 Å². The highest BCUT2D eigenvalue weighted by Gasteiger charge is 2.23. The Balaban J connectivity index is 1.64. The Morgan fingerprint density at radius 2 is 2.12 bits per heavy atom. The van der Waals surface area contributed by atoms with Crippen molar-refractivity contribution in [3.05, 3.63) is 30.5 Å². The lowest BCUT2D eigenvalue weighted by Gasteiger charge is -2.23. The van der Waals surface area contributed by atoms with Crippen molar-refractivity contribution in [1.82, 2.24) is 19.7 Å². The largest absolute Gasteiger partial charge is 0.493 e. The Labute approximate surface area is 198 Å². The number of hydrogen-bond acceptors (Lipinski definition) is 9. The van der Waals surface area contributed by atoms with Gasteiger partial charge in [0.2, 0.25) is 15.0 Å². The molecular weight excluding hydrogens is 460 g/mol. The third kappa shape index (κ3) is 5.90. The maximum Gasteiger partial charge on any atom is 0.247 e. The monoisotopic (exact) mass is 490 g/mol. The van der Waals surface area contributed by atoms with Crippen LogP contribution in [0.25, 0.3) is 22.3 Å². The molecule has 10 nitrogen and oxygen atoms in total. The summed E-state index contributed by atoms with van der Waals surface area (Å²) in [5.74, 6) is 0.658. The molecule has 1 unspecified atom stereocenters. The first kappa shape index (κ1) is 24.5. The number of fused-ring (bicyclic) bond motifs is 1. The third-order valence-corrected chi connectivity index (χ3v) is 6.23. The molecule has 1 fully saturated rings. The van der Waals surface area contributed by atoms with E-state index in [-0.39, 0.29) is 11.4 Å². The summed E-state index contributed by atoms with van der Waals surface area (Å²) < 4.78 is 43.1. The van der Waals surface area contributed by atoms with Gasteiger partial charge in [0.15, 0.2) is 6.23 Å². The predicted octanol–water partition coefficient (Wildman–Crippen LogP) is 2.76. The maximum absolute atomic E-state index is 12.0. The molecule has 1 aromatic carbocycles. The molecule has 1 aliphatic rings. The molecule has 1 saturated heterocycles. The standard InChI is InChI=1S/C23H30N4O6S/c1-16(28)15-31-11-5-13-32-17-7-8-20-18(14-17)22(26-27(20)21-6-3-4-12-33-21)19-9-10-24-23(25-19)34(2,29)30/h7-10,14,16,21,28H,3-6,11-13,15H2,1-2H3/t16-,21?/m0/s1. The van der Waals surface area contributed by atoms with Crippen LogP contribution in [0.2, 0.25) is 0 Å². The molecule has 184 valence electrons. The van der Waals surface area contributed by atoms with E-state index >= 15 is 0 Å². The second-order valence-corrected chi connectivity index (χ2v) is 10.3. The van der Waals surface area contributed by atoms with Gasteiger partial charge in [-0.2, -0.15) is 5.10 Å². The summed E-state index contributed by atoms with van der Waals surface area (Å²) in [5.41, 5.74) is 1.81. The summed E-state index contributed by atoms with van der Waals surface area (Å²) in [7, 11) is -3.57. The van der Waals surface area contributed by atoms with Crippen molar-refractivity contribution >= 4 is 20.7 Å². The Morgan fingerprint density at radius 1 is 1.26 bits per heavy atom. The Kier molecular flexibility index (Phi) is 7.77. The Morgan fingerprint density at radius 3 is 2.85 bits per heavy atom. The van der Waals surface area contributed by atoms with Crippen molar-refractivity contribution < 1.29 is 27.7 Å². The van der Waals surface area contributed by atoms with Crippen molar-refractivity contribution in [2.24, 2.45) is 0 Å². The first-order valence-corrected chi connectivity index (χ1v) is 13.3. The van der Waals surface area contributed by atoms with Gasteiger partial charge in [-0.3, -0.25) is 0 Å². The molecule has 0 saturated carbocycles. The molecule has 0 aliphatic carbocycles. The van der Waals surface area contributed by atoms with Crippen LogP contribution in [0.15, 0.2) is 35.6 Å². The molecule has 2 aromatic heterocycles. The number of sulfone groups is 1. The van der Waals surface area contributed by atoms with Crippen LogP contribution in [0.1, 0.15) is 38.8 Å². The number of aliphatic hydroxyl groups excluding tert-OH is 1. The molecule has 1 N–H and O–H groups in total. The van der Waals surface area contributed by atoms with Crippen molar-refractivity contribution in [1.29, 1.82) is 0 Å². The normalized spacial score (nSPS) is 17.7. The van der Waals surface area contributed by atoms with Crippen molar-refractivity contribution in [2.45, 2.75) is 50.1 Å². The smallest absolute Gasteiger partial charge is 0.247 e. The highest BCUT2D eigenvalue weighted by Crippen LogP contribution is 2.34. The summed E-state index contributed by atoms with van der Waals surface area (Å²) in [5, 5.41) is 14.6. The fourth-order valence-corrected chi connectivity index (χ4v) is 4.31. The number of ether oxygens (including phenoxy) is 3. The highest BCUT2D eigenvalue weighted by atomic mass is 32.2. The first-order valence-electron chi connectivity index (χ1n) is 11.4. The van der Waals surface area contributed by atoms with Crippen molar-refractivity contribution in [2.75, 3.05) is 32.7 Å². The lowest BCUT2D eigenvalue weighted by atomic mass is 10.1. The van der Waals surface area contributed by atoms with E-state index in [9.17, 15) is 13.5 Å². The van der Waals surface area contributed by atoms with E-state index < -0.39 is 15.9 Å². The zero-order valence-corrected chi connectivity index (χ0v) is 20.2. The summed E-state index contributed by atoms with van der Waals surface area (Å²) in [4.78, 5) is 8.16. The van der Waals surface area contributed by atoms with Crippen LogP contribution < -0.4 is 4.74 Å². The fourth-order valence-electron chi connectivity index (χ4n) is 3.79. The molecule has 0 amide bonds. The fraction of sp³-hybridized carbons (Fsp3) is 0.522. The van der Waals surface area contributed by atoms with Crippen LogP contribution >= 0.6 is 0 Å². The van der Waals surface area contributed by atoms with E-state index in [4.69, 9.17) is 19.3 Å². The van der Waals surface area contributed by atoms with Gasteiger partial charge < -0.3 is 19.3 Å². The van der Waals surface area contributed by atoms with Crippen LogP contribution in [0.4, 0.5) is 0 Å². The molecule has 4 rings (SSSR count). The number of aromatic nitrogens is 4. The van der Waals surface area contributed by atoms with Gasteiger partial charge in [-0.05, 0) is 50.5 Å². The van der Waals surface area contributed by atoms with E-state index in [1.165, 1.54) is 6.20 Å². The van der Waals surface area contributed by atoms with Crippen LogP contribution in [0.3, 0.4) is 0 Å². The SMILES string of the molecule is C[C@H](O)COCCCOc1ccc2c(c1)c(-c1ccnc(S(C)(=O)=O)n1)nn2C1CCCCO1. The summed E-state index contributed by atoms with van der Waals surface area (Å²) in [6.07, 6.45) is 5.41. The molecule has 34 heavy (non-hydrogen) atoms. The lowest BCUT2D eigenvalue weighted by Crippen LogP contribution is -2.19. The minimum Gasteiger partial charge on any atom is -0.493 e. The van der Waals surface area contributed by atoms with Crippen LogP contribution in [0.5, 0.6) is 5.75 Å². The molecule has 0 spiro atoms. The van der Waals surface area contributed by atoms with E-state index in [2.05, 4.69) is 9.97 Å². The number of benzene rings is 1. The zero-order chi connectivity index (χ0) is 24.1. The summed E-state index contributed by atoms with van der Waals surface area (Å²) in [6, 6.07) is 7.35. The van der Waals surface area contributed by atoms with Crippen molar-refractivity contribution in [3.8, 4) is 17.1 Å². The van der Waals surface area contributed by atoms with E-state index in [0.717, 1.165) is 36.4 Å². The van der Waals surface area contributed by atoms with Crippen LogP contribution in [0, 0.1) is 0 Å². The second kappa shape index (κ2) is 10.8. The molecule has 0 bridgehead atoms. The number of nitrogens with zero attached hydrogens (tertiary/aromatic N) is 4. The molecular formula is C23H30N4O6S. The maximum atomic E-state index is 12.0. The molecule has 3 aromatic rings. The summed E-state index contributed by atoms with van der Waals surface area (Å²) in [6.45, 7) is 3.59. The van der Waals surface area contributed by atoms with Gasteiger partial charge in [0, 0.05) is 37.5 Å². The van der Waals surface area contributed by atoms with E-state index in [0.29, 0.717) is 50.0 Å². The number of rotatable bonds is 10. The minimum absolute atomic E-state index is 0.195. The van der Waals surface area contributed by atoms with Gasteiger partial charge in [-0.15, -0.1) is 0 Å². The summed E-state index contributed by atoms with van der Waals surface area (Å²) >= 11 is 0. The molecule has 1 aliphatic heterocycles. The number of aliphatic hydroxyl groups is 1. The molecule has 11 heteroatoms. The predicted molar refractivity (Wildman–Crippen MR) is 125 cm³/mol. The molecule has 2 atom stereocenters. The van der Waals surface area contributed by atoms with Crippen molar-refractivity contribution in [3.63, 3.8) is 0 Å². The van der Waals surface area contributed by atoms with Gasteiger partial charge in [-0.25, -0.2) is 23.1 Å². The lowest BCUT2D eigenvalue weighted by molar-refractivity contribution is -0.0365. The first-order chi connectivity index (χ1) is 16.3.